The fraction of sp³-hybridized carbons (Fsp3) is 0.909. The summed E-state index contributed by atoms with van der Waals surface area (Å²) in [6.45, 7) is 8.00. The molecule has 0 radical (unpaired) electrons. The molecular weight excluding hydrogens is 176 g/mol. The highest BCUT2D eigenvalue weighted by atomic mass is 16.2. The van der Waals surface area contributed by atoms with E-state index < -0.39 is 0 Å². The third-order valence-electron chi connectivity index (χ3n) is 2.68. The Kier molecular flexibility index (Phi) is 4.39. The molecular formula is C11H22N2O. The Morgan fingerprint density at radius 1 is 1.50 bits per heavy atom. The van der Waals surface area contributed by atoms with Gasteiger partial charge in [0.05, 0.1) is 0 Å². The number of carbonyl (C=O) groups is 1. The van der Waals surface area contributed by atoms with E-state index in [2.05, 4.69) is 26.1 Å². The molecule has 0 aliphatic heterocycles. The van der Waals surface area contributed by atoms with Gasteiger partial charge in [-0.05, 0) is 33.2 Å². The first-order valence-electron chi connectivity index (χ1n) is 5.71. The van der Waals surface area contributed by atoms with E-state index >= 15 is 0 Å². The van der Waals surface area contributed by atoms with E-state index in [1.54, 1.807) is 0 Å². The number of nitrogens with zero attached hydrogens (tertiary/aromatic N) is 1. The van der Waals surface area contributed by atoms with Crippen molar-refractivity contribution >= 4 is 5.91 Å². The zero-order valence-electron chi connectivity index (χ0n) is 9.55. The van der Waals surface area contributed by atoms with Crippen molar-refractivity contribution < 1.29 is 4.79 Å². The van der Waals surface area contributed by atoms with Crippen LogP contribution in [0.25, 0.3) is 0 Å². The highest BCUT2D eigenvalue weighted by Gasteiger charge is 2.31. The van der Waals surface area contributed by atoms with Crippen LogP contribution in [0.2, 0.25) is 0 Å². The lowest BCUT2D eigenvalue weighted by molar-refractivity contribution is -0.132. The summed E-state index contributed by atoms with van der Waals surface area (Å²) in [6.07, 6.45) is 3.04. The van der Waals surface area contributed by atoms with Crippen molar-refractivity contribution in [2.75, 3.05) is 13.1 Å². The molecule has 1 unspecified atom stereocenters. The molecule has 1 aliphatic carbocycles. The second-order valence-corrected chi connectivity index (χ2v) is 4.07. The first-order valence-corrected chi connectivity index (χ1v) is 5.71. The van der Waals surface area contributed by atoms with Crippen LogP contribution in [0.3, 0.4) is 0 Å². The Morgan fingerprint density at radius 2 is 2.14 bits per heavy atom. The lowest BCUT2D eigenvalue weighted by atomic mass is 10.2. The standard InChI is InChI=1S/C11H22N2O/c1-4-12-9(3)8-11(14)13(5-2)10-6-7-10/h9-10,12H,4-8H2,1-3H3. The van der Waals surface area contributed by atoms with Crippen LogP contribution in [-0.4, -0.2) is 36.0 Å². The van der Waals surface area contributed by atoms with Crippen molar-refractivity contribution in [1.29, 1.82) is 0 Å². The molecule has 1 fully saturated rings. The van der Waals surface area contributed by atoms with Gasteiger partial charge >= 0.3 is 0 Å². The maximum Gasteiger partial charge on any atom is 0.224 e. The summed E-state index contributed by atoms with van der Waals surface area (Å²) in [4.78, 5) is 13.8. The summed E-state index contributed by atoms with van der Waals surface area (Å²) in [7, 11) is 0. The molecule has 0 spiro atoms. The zero-order valence-corrected chi connectivity index (χ0v) is 9.55. The number of nitrogens with one attached hydrogen (secondary N) is 1. The van der Waals surface area contributed by atoms with E-state index in [-0.39, 0.29) is 0 Å². The van der Waals surface area contributed by atoms with Crippen LogP contribution in [0, 0.1) is 0 Å². The van der Waals surface area contributed by atoms with Crippen LogP contribution in [0.5, 0.6) is 0 Å². The second kappa shape index (κ2) is 5.35. The summed E-state index contributed by atoms with van der Waals surface area (Å²) in [5, 5.41) is 3.27. The molecule has 0 heterocycles. The molecule has 0 aromatic heterocycles. The number of hydrogen-bond acceptors (Lipinski definition) is 2. The summed E-state index contributed by atoms with van der Waals surface area (Å²) in [5.74, 6) is 0.309. The topological polar surface area (TPSA) is 32.3 Å². The van der Waals surface area contributed by atoms with E-state index in [1.807, 2.05) is 4.90 Å². The molecule has 3 nitrogen and oxygen atoms in total. The summed E-state index contributed by atoms with van der Waals surface area (Å²) in [5.41, 5.74) is 0. The summed E-state index contributed by atoms with van der Waals surface area (Å²) >= 11 is 0. The van der Waals surface area contributed by atoms with Crippen molar-refractivity contribution in [3.05, 3.63) is 0 Å². The van der Waals surface area contributed by atoms with Gasteiger partial charge in [-0.15, -0.1) is 0 Å². The Labute approximate surface area is 86.9 Å². The van der Waals surface area contributed by atoms with Crippen LogP contribution < -0.4 is 5.32 Å². The molecule has 1 rings (SSSR count). The maximum absolute atomic E-state index is 11.8. The highest BCUT2D eigenvalue weighted by molar-refractivity contribution is 5.77. The van der Waals surface area contributed by atoms with Gasteiger partial charge in [-0.25, -0.2) is 0 Å². The van der Waals surface area contributed by atoms with Gasteiger partial charge in [-0.2, -0.15) is 0 Å². The first kappa shape index (κ1) is 11.5. The Balaban J connectivity index is 2.31. The molecule has 1 amide bonds. The molecule has 1 atom stereocenters. The van der Waals surface area contributed by atoms with E-state index in [4.69, 9.17) is 0 Å². The van der Waals surface area contributed by atoms with Gasteiger partial charge in [0.15, 0.2) is 0 Å². The second-order valence-electron chi connectivity index (χ2n) is 4.07. The van der Waals surface area contributed by atoms with Crippen LogP contribution in [0.1, 0.15) is 40.0 Å². The number of rotatable bonds is 6. The van der Waals surface area contributed by atoms with Gasteiger partial charge in [0.1, 0.15) is 0 Å². The quantitative estimate of drug-likeness (QED) is 0.699. The monoisotopic (exact) mass is 198 g/mol. The molecule has 1 aliphatic rings. The highest BCUT2D eigenvalue weighted by Crippen LogP contribution is 2.27. The minimum absolute atomic E-state index is 0.306. The number of carbonyl (C=O) groups excluding carboxylic acids is 1. The van der Waals surface area contributed by atoms with Gasteiger partial charge < -0.3 is 10.2 Å². The average Bonchev–Trinajstić information content (AvgIpc) is 2.89. The normalized spacial score (nSPS) is 17.9. The predicted octanol–water partition coefficient (Wildman–Crippen LogP) is 1.39. The largest absolute Gasteiger partial charge is 0.340 e. The molecule has 1 N–H and O–H groups in total. The van der Waals surface area contributed by atoms with Gasteiger partial charge in [0.2, 0.25) is 5.91 Å². The van der Waals surface area contributed by atoms with E-state index in [0.717, 1.165) is 13.1 Å². The van der Waals surface area contributed by atoms with Gasteiger partial charge in [-0.1, -0.05) is 6.92 Å². The van der Waals surface area contributed by atoms with E-state index in [0.29, 0.717) is 24.4 Å². The SMILES string of the molecule is CCNC(C)CC(=O)N(CC)C1CC1. The fourth-order valence-electron chi connectivity index (χ4n) is 1.82. The molecule has 14 heavy (non-hydrogen) atoms. The van der Waals surface area contributed by atoms with Crippen LogP contribution in [-0.2, 0) is 4.79 Å². The van der Waals surface area contributed by atoms with Crippen LogP contribution in [0.15, 0.2) is 0 Å². The van der Waals surface area contributed by atoms with Gasteiger partial charge in [-0.3, -0.25) is 4.79 Å². The minimum atomic E-state index is 0.306. The molecule has 0 bridgehead atoms. The van der Waals surface area contributed by atoms with Crippen molar-refractivity contribution in [1.82, 2.24) is 10.2 Å². The van der Waals surface area contributed by atoms with E-state index in [9.17, 15) is 4.79 Å². The molecule has 0 aromatic rings. The maximum atomic E-state index is 11.8. The Morgan fingerprint density at radius 3 is 2.57 bits per heavy atom. The molecule has 82 valence electrons. The molecule has 0 aromatic carbocycles. The Bertz CT molecular complexity index is 190. The zero-order chi connectivity index (χ0) is 10.6. The van der Waals surface area contributed by atoms with Crippen molar-refractivity contribution in [3.8, 4) is 0 Å². The smallest absolute Gasteiger partial charge is 0.224 e. The first-order chi connectivity index (χ1) is 6.69. The molecule has 0 saturated heterocycles. The summed E-state index contributed by atoms with van der Waals surface area (Å²) in [6, 6.07) is 0.863. The number of hydrogen-bond donors (Lipinski definition) is 1. The third kappa shape index (κ3) is 3.29. The van der Waals surface area contributed by atoms with Crippen molar-refractivity contribution in [2.24, 2.45) is 0 Å². The number of amides is 1. The summed E-state index contributed by atoms with van der Waals surface area (Å²) < 4.78 is 0. The third-order valence-corrected chi connectivity index (χ3v) is 2.68. The average molecular weight is 198 g/mol. The van der Waals surface area contributed by atoms with Gasteiger partial charge in [0.25, 0.3) is 0 Å². The fourth-order valence-corrected chi connectivity index (χ4v) is 1.82. The van der Waals surface area contributed by atoms with Crippen molar-refractivity contribution in [2.45, 2.75) is 52.1 Å². The van der Waals surface area contributed by atoms with Gasteiger partial charge in [0, 0.05) is 25.0 Å². The molecule has 1 saturated carbocycles. The van der Waals surface area contributed by atoms with Crippen LogP contribution in [0.4, 0.5) is 0 Å². The lowest BCUT2D eigenvalue weighted by Gasteiger charge is -2.22. The molecule has 3 heteroatoms. The van der Waals surface area contributed by atoms with Crippen LogP contribution >= 0.6 is 0 Å². The minimum Gasteiger partial charge on any atom is -0.340 e. The van der Waals surface area contributed by atoms with Crippen molar-refractivity contribution in [3.63, 3.8) is 0 Å². The Hall–Kier alpha value is -0.570. The lowest BCUT2D eigenvalue weighted by Crippen LogP contribution is -2.38. The van der Waals surface area contributed by atoms with E-state index in [1.165, 1.54) is 12.8 Å². The predicted molar refractivity (Wildman–Crippen MR) is 58.2 cm³/mol.